The molecule has 0 fully saturated rings. The zero-order valence-electron chi connectivity index (χ0n) is 15.6. The van der Waals surface area contributed by atoms with Gasteiger partial charge in [-0.3, -0.25) is 4.79 Å². The summed E-state index contributed by atoms with van der Waals surface area (Å²) in [6, 6.07) is 20.1. The lowest BCUT2D eigenvalue weighted by molar-refractivity contribution is 0.102. The van der Waals surface area contributed by atoms with Crippen LogP contribution in [0.4, 0.5) is 5.69 Å². The molecule has 3 rings (SSSR count). The largest absolute Gasteiger partial charge is 0.496 e. The Morgan fingerprint density at radius 3 is 2.36 bits per heavy atom. The smallest absolute Gasteiger partial charge is 0.255 e. The number of carbonyl (C=O) groups is 1. The molecule has 0 bridgehead atoms. The SMILES string of the molecule is COc1ccc(C(=O)Nc2cccc(Br)c2)cc1COc1ccccc1OC. The molecule has 0 aliphatic carbocycles. The van der Waals surface area contributed by atoms with E-state index in [9.17, 15) is 4.79 Å². The van der Waals surface area contributed by atoms with Crippen LogP contribution in [0.3, 0.4) is 0 Å². The van der Waals surface area contributed by atoms with Crippen molar-refractivity contribution < 1.29 is 19.0 Å². The molecule has 0 aliphatic rings. The Balaban J connectivity index is 1.78. The molecule has 0 saturated heterocycles. The van der Waals surface area contributed by atoms with Crippen LogP contribution in [0.15, 0.2) is 71.2 Å². The highest BCUT2D eigenvalue weighted by molar-refractivity contribution is 9.10. The van der Waals surface area contributed by atoms with E-state index in [1.165, 1.54) is 0 Å². The normalized spacial score (nSPS) is 10.2. The summed E-state index contributed by atoms with van der Waals surface area (Å²) in [5.41, 5.74) is 1.98. The molecule has 0 saturated carbocycles. The van der Waals surface area contributed by atoms with Crippen LogP contribution in [0.5, 0.6) is 17.2 Å². The van der Waals surface area contributed by atoms with Crippen LogP contribution in [0, 0.1) is 0 Å². The van der Waals surface area contributed by atoms with E-state index >= 15 is 0 Å². The summed E-state index contributed by atoms with van der Waals surface area (Å²) in [7, 11) is 3.18. The Morgan fingerprint density at radius 2 is 1.64 bits per heavy atom. The number of para-hydroxylation sites is 2. The van der Waals surface area contributed by atoms with Crippen molar-refractivity contribution in [2.24, 2.45) is 0 Å². The van der Waals surface area contributed by atoms with Crippen molar-refractivity contribution in [1.82, 2.24) is 0 Å². The molecular weight excluding hydrogens is 422 g/mol. The Labute approximate surface area is 172 Å². The van der Waals surface area contributed by atoms with Gasteiger partial charge in [0.05, 0.1) is 14.2 Å². The number of carbonyl (C=O) groups excluding carboxylic acids is 1. The van der Waals surface area contributed by atoms with Crippen molar-refractivity contribution in [3.63, 3.8) is 0 Å². The Kier molecular flexibility index (Phi) is 6.55. The van der Waals surface area contributed by atoms with Crippen LogP contribution >= 0.6 is 15.9 Å². The van der Waals surface area contributed by atoms with E-state index in [0.717, 1.165) is 10.0 Å². The third-order valence-electron chi connectivity index (χ3n) is 4.08. The van der Waals surface area contributed by atoms with Gasteiger partial charge in [0.2, 0.25) is 0 Å². The summed E-state index contributed by atoms with van der Waals surface area (Å²) < 4.78 is 17.5. The third-order valence-corrected chi connectivity index (χ3v) is 4.57. The van der Waals surface area contributed by atoms with Gasteiger partial charge in [-0.05, 0) is 48.5 Å². The van der Waals surface area contributed by atoms with Crippen LogP contribution in [0.2, 0.25) is 0 Å². The van der Waals surface area contributed by atoms with Gasteiger partial charge < -0.3 is 19.5 Å². The molecule has 0 heterocycles. The fraction of sp³-hybridized carbons (Fsp3) is 0.136. The van der Waals surface area contributed by atoms with Gasteiger partial charge in [-0.15, -0.1) is 0 Å². The number of methoxy groups -OCH3 is 2. The molecule has 0 unspecified atom stereocenters. The Morgan fingerprint density at radius 1 is 0.893 bits per heavy atom. The number of amides is 1. The molecule has 1 N–H and O–H groups in total. The highest BCUT2D eigenvalue weighted by atomic mass is 79.9. The fourth-order valence-corrected chi connectivity index (χ4v) is 3.09. The van der Waals surface area contributed by atoms with Crippen molar-refractivity contribution in [2.45, 2.75) is 6.61 Å². The number of rotatable bonds is 7. The molecule has 0 aromatic heterocycles. The summed E-state index contributed by atoms with van der Waals surface area (Å²) in [4.78, 5) is 12.6. The molecular formula is C22H20BrNO4. The average molecular weight is 442 g/mol. The highest BCUT2D eigenvalue weighted by Crippen LogP contribution is 2.29. The minimum Gasteiger partial charge on any atom is -0.496 e. The van der Waals surface area contributed by atoms with Gasteiger partial charge in [-0.2, -0.15) is 0 Å². The Hall–Kier alpha value is -2.99. The lowest BCUT2D eigenvalue weighted by Crippen LogP contribution is -2.13. The number of nitrogens with one attached hydrogen (secondary N) is 1. The van der Waals surface area contributed by atoms with Gasteiger partial charge >= 0.3 is 0 Å². The van der Waals surface area contributed by atoms with Gasteiger partial charge in [0.15, 0.2) is 11.5 Å². The van der Waals surface area contributed by atoms with Crippen LogP contribution in [0.25, 0.3) is 0 Å². The zero-order chi connectivity index (χ0) is 19.9. The van der Waals surface area contributed by atoms with E-state index in [4.69, 9.17) is 14.2 Å². The van der Waals surface area contributed by atoms with E-state index in [1.54, 1.807) is 32.4 Å². The van der Waals surface area contributed by atoms with E-state index in [-0.39, 0.29) is 12.5 Å². The van der Waals surface area contributed by atoms with Crippen LogP contribution in [-0.4, -0.2) is 20.1 Å². The van der Waals surface area contributed by atoms with Gasteiger partial charge in [0, 0.05) is 21.3 Å². The molecule has 0 spiro atoms. The number of ether oxygens (including phenoxy) is 3. The van der Waals surface area contributed by atoms with E-state index in [0.29, 0.717) is 28.5 Å². The first kappa shape index (κ1) is 19.8. The molecule has 144 valence electrons. The summed E-state index contributed by atoms with van der Waals surface area (Å²) in [6.07, 6.45) is 0. The first-order valence-corrected chi connectivity index (χ1v) is 9.39. The molecule has 0 atom stereocenters. The predicted octanol–water partition coefficient (Wildman–Crippen LogP) is 5.30. The fourth-order valence-electron chi connectivity index (χ4n) is 2.70. The molecule has 3 aromatic carbocycles. The second-order valence-electron chi connectivity index (χ2n) is 5.93. The molecule has 28 heavy (non-hydrogen) atoms. The minimum atomic E-state index is -0.209. The molecule has 0 aliphatic heterocycles. The maximum Gasteiger partial charge on any atom is 0.255 e. The summed E-state index contributed by atoms with van der Waals surface area (Å²) >= 11 is 3.40. The lowest BCUT2D eigenvalue weighted by Gasteiger charge is -2.14. The molecule has 3 aromatic rings. The van der Waals surface area contributed by atoms with Crippen LogP contribution in [-0.2, 0) is 6.61 Å². The molecule has 1 amide bonds. The van der Waals surface area contributed by atoms with Crippen LogP contribution in [0.1, 0.15) is 15.9 Å². The van der Waals surface area contributed by atoms with Gasteiger partial charge in [-0.25, -0.2) is 0 Å². The van der Waals surface area contributed by atoms with Crippen molar-refractivity contribution >= 4 is 27.5 Å². The quantitative estimate of drug-likeness (QED) is 0.540. The molecule has 6 heteroatoms. The van der Waals surface area contributed by atoms with Crippen molar-refractivity contribution in [2.75, 3.05) is 19.5 Å². The number of benzene rings is 3. The molecule has 0 radical (unpaired) electrons. The average Bonchev–Trinajstić information content (AvgIpc) is 2.72. The second-order valence-corrected chi connectivity index (χ2v) is 6.85. The topological polar surface area (TPSA) is 56.8 Å². The van der Waals surface area contributed by atoms with Gasteiger partial charge in [-0.1, -0.05) is 34.1 Å². The van der Waals surface area contributed by atoms with Crippen molar-refractivity contribution in [3.8, 4) is 17.2 Å². The number of halogens is 1. The third kappa shape index (κ3) is 4.84. The second kappa shape index (κ2) is 9.28. The Bertz CT molecular complexity index is 974. The highest BCUT2D eigenvalue weighted by Gasteiger charge is 2.12. The first-order valence-electron chi connectivity index (χ1n) is 8.60. The predicted molar refractivity (Wildman–Crippen MR) is 112 cm³/mol. The van der Waals surface area contributed by atoms with E-state index in [1.807, 2.05) is 48.5 Å². The van der Waals surface area contributed by atoms with Gasteiger partial charge in [0.25, 0.3) is 5.91 Å². The van der Waals surface area contributed by atoms with Crippen LogP contribution < -0.4 is 19.5 Å². The number of hydrogen-bond donors (Lipinski definition) is 1. The number of hydrogen-bond acceptors (Lipinski definition) is 4. The standard InChI is InChI=1S/C22H20BrNO4/c1-26-19-11-10-15(22(25)24-18-7-5-6-17(23)13-18)12-16(19)14-28-21-9-4-3-8-20(21)27-2/h3-13H,14H2,1-2H3,(H,24,25). The summed E-state index contributed by atoms with van der Waals surface area (Å²) in [5.74, 6) is 1.70. The maximum atomic E-state index is 12.6. The number of anilines is 1. The summed E-state index contributed by atoms with van der Waals surface area (Å²) in [5, 5.41) is 2.89. The zero-order valence-corrected chi connectivity index (χ0v) is 17.2. The van der Waals surface area contributed by atoms with E-state index < -0.39 is 0 Å². The minimum absolute atomic E-state index is 0.209. The maximum absolute atomic E-state index is 12.6. The van der Waals surface area contributed by atoms with E-state index in [2.05, 4.69) is 21.2 Å². The molecule has 5 nitrogen and oxygen atoms in total. The monoisotopic (exact) mass is 441 g/mol. The van der Waals surface area contributed by atoms with Crippen molar-refractivity contribution in [3.05, 3.63) is 82.3 Å². The first-order chi connectivity index (χ1) is 13.6. The lowest BCUT2D eigenvalue weighted by atomic mass is 10.1. The van der Waals surface area contributed by atoms with Crippen molar-refractivity contribution in [1.29, 1.82) is 0 Å². The van der Waals surface area contributed by atoms with Gasteiger partial charge in [0.1, 0.15) is 12.4 Å². The summed E-state index contributed by atoms with van der Waals surface area (Å²) in [6.45, 7) is 0.238.